The van der Waals surface area contributed by atoms with Crippen molar-refractivity contribution in [3.05, 3.63) is 0 Å². The zero-order valence-electron chi connectivity index (χ0n) is 8.68. The summed E-state index contributed by atoms with van der Waals surface area (Å²) in [6, 6.07) is 0. The number of ether oxygens (including phenoxy) is 1. The molecule has 1 aliphatic heterocycles. The Hall–Kier alpha value is -0.0800. The summed E-state index contributed by atoms with van der Waals surface area (Å²) < 4.78 is 5.18. The molecule has 1 heterocycles. The smallest absolute Gasteiger partial charge is 0.0491 e. The van der Waals surface area contributed by atoms with Crippen LogP contribution in [-0.2, 0) is 4.74 Å². The first-order valence-corrected chi connectivity index (χ1v) is 4.82. The fourth-order valence-corrected chi connectivity index (χ4v) is 2.42. The van der Waals surface area contributed by atoms with Crippen molar-refractivity contribution in [3.8, 4) is 0 Å². The molecule has 0 aliphatic carbocycles. The van der Waals surface area contributed by atoms with Gasteiger partial charge >= 0.3 is 0 Å². The van der Waals surface area contributed by atoms with E-state index in [9.17, 15) is 0 Å². The molecule has 0 aromatic heterocycles. The van der Waals surface area contributed by atoms with Crippen molar-refractivity contribution in [3.63, 3.8) is 0 Å². The van der Waals surface area contributed by atoms with Gasteiger partial charge in [0.05, 0.1) is 0 Å². The van der Waals surface area contributed by atoms with Gasteiger partial charge in [-0.2, -0.15) is 0 Å². The first-order chi connectivity index (χ1) is 5.58. The van der Waals surface area contributed by atoms with Crippen molar-refractivity contribution in [2.75, 3.05) is 20.3 Å². The van der Waals surface area contributed by atoms with Crippen LogP contribution in [0.3, 0.4) is 0 Å². The molecular weight excluding hydrogens is 150 g/mol. The molecule has 0 bridgehead atoms. The highest BCUT2D eigenvalue weighted by Crippen LogP contribution is 2.32. The van der Waals surface area contributed by atoms with E-state index in [2.05, 4.69) is 26.1 Å². The van der Waals surface area contributed by atoms with Gasteiger partial charge in [-0.05, 0) is 38.6 Å². The average Bonchev–Trinajstić information content (AvgIpc) is 2.30. The van der Waals surface area contributed by atoms with E-state index in [-0.39, 0.29) is 0 Å². The van der Waals surface area contributed by atoms with E-state index in [0.717, 1.165) is 19.1 Å². The summed E-state index contributed by atoms with van der Waals surface area (Å²) >= 11 is 0. The van der Waals surface area contributed by atoms with Crippen molar-refractivity contribution in [1.82, 2.24) is 5.32 Å². The van der Waals surface area contributed by atoms with Gasteiger partial charge < -0.3 is 10.1 Å². The van der Waals surface area contributed by atoms with Crippen LogP contribution in [0.5, 0.6) is 0 Å². The highest BCUT2D eigenvalue weighted by atomic mass is 16.5. The maximum Gasteiger partial charge on any atom is 0.0491 e. The maximum atomic E-state index is 5.18. The lowest BCUT2D eigenvalue weighted by Gasteiger charge is -2.31. The summed E-state index contributed by atoms with van der Waals surface area (Å²) in [4.78, 5) is 0. The molecule has 0 aromatic carbocycles. The Balaban J connectivity index is 2.50. The Bertz CT molecular complexity index is 145. The van der Waals surface area contributed by atoms with Crippen LogP contribution < -0.4 is 5.32 Å². The minimum atomic E-state index is 0.304. The molecule has 2 nitrogen and oxygen atoms in total. The lowest BCUT2D eigenvalue weighted by Crippen LogP contribution is -2.41. The molecule has 2 heteroatoms. The van der Waals surface area contributed by atoms with E-state index in [0.29, 0.717) is 11.5 Å². The van der Waals surface area contributed by atoms with E-state index in [1.807, 2.05) is 0 Å². The second-order valence-electron chi connectivity index (χ2n) is 4.48. The first kappa shape index (κ1) is 10.0. The van der Waals surface area contributed by atoms with Gasteiger partial charge in [0, 0.05) is 19.3 Å². The van der Waals surface area contributed by atoms with Gasteiger partial charge in [-0.25, -0.2) is 0 Å². The minimum absolute atomic E-state index is 0.304. The topological polar surface area (TPSA) is 21.3 Å². The molecule has 72 valence electrons. The summed E-state index contributed by atoms with van der Waals surface area (Å²) in [7, 11) is 1.78. The summed E-state index contributed by atoms with van der Waals surface area (Å²) in [5, 5.41) is 3.53. The van der Waals surface area contributed by atoms with Crippen molar-refractivity contribution >= 4 is 0 Å². The Morgan fingerprint density at radius 3 is 2.67 bits per heavy atom. The van der Waals surface area contributed by atoms with Crippen LogP contribution in [-0.4, -0.2) is 25.8 Å². The largest absolute Gasteiger partial charge is 0.384 e. The monoisotopic (exact) mass is 171 g/mol. The molecule has 1 aliphatic rings. The summed E-state index contributed by atoms with van der Waals surface area (Å²) in [6.45, 7) is 8.90. The fourth-order valence-electron chi connectivity index (χ4n) is 2.42. The molecular formula is C10H21NO. The van der Waals surface area contributed by atoms with Crippen LogP contribution in [0.15, 0.2) is 0 Å². The number of rotatable bonds is 3. The van der Waals surface area contributed by atoms with E-state index in [4.69, 9.17) is 4.74 Å². The zero-order valence-corrected chi connectivity index (χ0v) is 8.68. The number of hydrogen-bond acceptors (Lipinski definition) is 2. The van der Waals surface area contributed by atoms with E-state index in [1.54, 1.807) is 7.11 Å². The summed E-state index contributed by atoms with van der Waals surface area (Å²) in [5.74, 6) is 1.43. The quantitative estimate of drug-likeness (QED) is 0.697. The lowest BCUT2D eigenvalue weighted by molar-refractivity contribution is 0.109. The SMILES string of the molecule is COCC(C)C1CCNC1(C)C. The molecule has 1 rings (SSSR count). The molecule has 2 unspecified atom stereocenters. The first-order valence-electron chi connectivity index (χ1n) is 4.82. The third-order valence-corrected chi connectivity index (χ3v) is 3.08. The third kappa shape index (κ3) is 1.99. The molecule has 12 heavy (non-hydrogen) atoms. The van der Waals surface area contributed by atoms with Gasteiger partial charge in [0.1, 0.15) is 0 Å². The molecule has 1 fully saturated rings. The van der Waals surface area contributed by atoms with Crippen LogP contribution in [0.25, 0.3) is 0 Å². The van der Waals surface area contributed by atoms with Gasteiger partial charge in [0.25, 0.3) is 0 Å². The van der Waals surface area contributed by atoms with Crippen LogP contribution in [0.4, 0.5) is 0 Å². The average molecular weight is 171 g/mol. The highest BCUT2D eigenvalue weighted by Gasteiger charge is 2.37. The van der Waals surface area contributed by atoms with Crippen LogP contribution in [0, 0.1) is 11.8 Å². The zero-order chi connectivity index (χ0) is 9.19. The third-order valence-electron chi connectivity index (χ3n) is 3.08. The van der Waals surface area contributed by atoms with Crippen LogP contribution in [0.2, 0.25) is 0 Å². The van der Waals surface area contributed by atoms with Gasteiger partial charge in [-0.15, -0.1) is 0 Å². The second kappa shape index (κ2) is 3.75. The van der Waals surface area contributed by atoms with Crippen LogP contribution >= 0.6 is 0 Å². The Morgan fingerprint density at radius 2 is 2.25 bits per heavy atom. The van der Waals surface area contributed by atoms with Crippen molar-refractivity contribution in [1.29, 1.82) is 0 Å². The highest BCUT2D eigenvalue weighted by molar-refractivity contribution is 4.94. The number of nitrogens with one attached hydrogen (secondary N) is 1. The van der Waals surface area contributed by atoms with Crippen molar-refractivity contribution in [2.24, 2.45) is 11.8 Å². The van der Waals surface area contributed by atoms with E-state index < -0.39 is 0 Å². The predicted octanol–water partition coefficient (Wildman–Crippen LogP) is 1.66. The summed E-state index contributed by atoms with van der Waals surface area (Å²) in [6.07, 6.45) is 1.29. The molecule has 2 atom stereocenters. The van der Waals surface area contributed by atoms with Crippen molar-refractivity contribution in [2.45, 2.75) is 32.7 Å². The molecule has 0 radical (unpaired) electrons. The normalized spacial score (nSPS) is 30.5. The maximum absolute atomic E-state index is 5.18. The molecule has 1 saturated heterocycles. The van der Waals surface area contributed by atoms with Gasteiger partial charge in [-0.1, -0.05) is 6.92 Å². The molecule has 0 amide bonds. The molecule has 1 N–H and O–H groups in total. The van der Waals surface area contributed by atoms with Gasteiger partial charge in [-0.3, -0.25) is 0 Å². The molecule has 0 aromatic rings. The van der Waals surface area contributed by atoms with Gasteiger partial charge in [0.2, 0.25) is 0 Å². The van der Waals surface area contributed by atoms with Gasteiger partial charge in [0.15, 0.2) is 0 Å². The fraction of sp³-hybridized carbons (Fsp3) is 1.00. The Morgan fingerprint density at radius 1 is 1.58 bits per heavy atom. The van der Waals surface area contributed by atoms with E-state index >= 15 is 0 Å². The molecule has 0 saturated carbocycles. The predicted molar refractivity (Wildman–Crippen MR) is 51.2 cm³/mol. The summed E-state index contributed by atoms with van der Waals surface area (Å²) in [5.41, 5.74) is 0.304. The Kier molecular flexibility index (Phi) is 3.13. The number of methoxy groups -OCH3 is 1. The Labute approximate surface area is 75.7 Å². The second-order valence-corrected chi connectivity index (χ2v) is 4.48. The molecule has 0 spiro atoms. The van der Waals surface area contributed by atoms with Crippen LogP contribution in [0.1, 0.15) is 27.2 Å². The lowest BCUT2D eigenvalue weighted by atomic mass is 9.80. The minimum Gasteiger partial charge on any atom is -0.384 e. The number of hydrogen-bond donors (Lipinski definition) is 1. The standard InChI is InChI=1S/C10H21NO/c1-8(7-12-4)9-5-6-11-10(9,2)3/h8-9,11H,5-7H2,1-4H3. The van der Waals surface area contributed by atoms with Crippen molar-refractivity contribution < 1.29 is 4.74 Å². The van der Waals surface area contributed by atoms with E-state index in [1.165, 1.54) is 6.42 Å².